The summed E-state index contributed by atoms with van der Waals surface area (Å²) >= 11 is 0. The standard InChI is InChI=1S/C9H7N3/c10-4-7-1-2-8(5-11)9(3-7)6-12/h1-3H,5,11H2. The number of benzene rings is 1. The van der Waals surface area contributed by atoms with Crippen molar-refractivity contribution < 1.29 is 0 Å². The number of nitrogens with zero attached hydrogens (tertiary/aromatic N) is 2. The van der Waals surface area contributed by atoms with Gasteiger partial charge in [0.15, 0.2) is 0 Å². The normalized spacial score (nSPS) is 8.58. The molecule has 0 atom stereocenters. The maximum Gasteiger partial charge on any atom is 0.0995 e. The Morgan fingerprint density at radius 2 is 2.00 bits per heavy atom. The maximum atomic E-state index is 8.65. The minimum absolute atomic E-state index is 0.328. The SMILES string of the molecule is N#Cc1ccc(CN)c(C#N)c1. The number of hydrogen-bond acceptors (Lipinski definition) is 3. The highest BCUT2D eigenvalue weighted by Crippen LogP contribution is 2.09. The molecule has 3 nitrogen and oxygen atoms in total. The molecule has 58 valence electrons. The van der Waals surface area contributed by atoms with E-state index in [1.807, 2.05) is 12.1 Å². The average molecular weight is 157 g/mol. The van der Waals surface area contributed by atoms with Gasteiger partial charge < -0.3 is 5.73 Å². The number of nitrogens with two attached hydrogens (primary N) is 1. The van der Waals surface area contributed by atoms with Crippen molar-refractivity contribution in [3.05, 3.63) is 34.9 Å². The molecule has 1 aromatic carbocycles. The Kier molecular flexibility index (Phi) is 2.42. The fourth-order valence-electron chi connectivity index (χ4n) is 0.928. The van der Waals surface area contributed by atoms with Crippen molar-refractivity contribution >= 4 is 0 Å². The van der Waals surface area contributed by atoms with Gasteiger partial charge in [0.25, 0.3) is 0 Å². The zero-order valence-corrected chi connectivity index (χ0v) is 6.41. The van der Waals surface area contributed by atoms with Gasteiger partial charge in [-0.05, 0) is 17.7 Å². The van der Waals surface area contributed by atoms with Gasteiger partial charge in [0, 0.05) is 6.54 Å². The minimum Gasteiger partial charge on any atom is -0.326 e. The lowest BCUT2D eigenvalue weighted by Crippen LogP contribution is -1.99. The molecule has 0 saturated heterocycles. The van der Waals surface area contributed by atoms with Crippen LogP contribution < -0.4 is 5.73 Å². The van der Waals surface area contributed by atoms with Crippen LogP contribution in [-0.4, -0.2) is 0 Å². The van der Waals surface area contributed by atoms with Crippen molar-refractivity contribution in [2.75, 3.05) is 0 Å². The minimum atomic E-state index is 0.328. The third-order valence-electron chi connectivity index (χ3n) is 1.58. The third-order valence-corrected chi connectivity index (χ3v) is 1.58. The molecule has 0 aliphatic carbocycles. The van der Waals surface area contributed by atoms with E-state index in [-0.39, 0.29) is 0 Å². The molecule has 1 aromatic rings. The molecule has 0 aromatic heterocycles. The molecular formula is C9H7N3. The summed E-state index contributed by atoms with van der Waals surface area (Å²) in [5.41, 5.74) is 7.13. The monoisotopic (exact) mass is 157 g/mol. The van der Waals surface area contributed by atoms with Crippen LogP contribution in [0.15, 0.2) is 18.2 Å². The van der Waals surface area contributed by atoms with Gasteiger partial charge in [0.2, 0.25) is 0 Å². The molecule has 3 heteroatoms. The first-order valence-corrected chi connectivity index (χ1v) is 3.45. The van der Waals surface area contributed by atoms with Gasteiger partial charge in [-0.15, -0.1) is 0 Å². The molecule has 1 rings (SSSR count). The van der Waals surface area contributed by atoms with E-state index < -0.39 is 0 Å². The maximum absolute atomic E-state index is 8.65. The van der Waals surface area contributed by atoms with Gasteiger partial charge in [-0.2, -0.15) is 10.5 Å². The van der Waals surface area contributed by atoms with Crippen LogP contribution in [0.3, 0.4) is 0 Å². The first-order valence-electron chi connectivity index (χ1n) is 3.45. The molecule has 0 aliphatic heterocycles. The number of hydrogen-bond donors (Lipinski definition) is 1. The largest absolute Gasteiger partial charge is 0.326 e. The summed E-state index contributed by atoms with van der Waals surface area (Å²) in [5, 5.41) is 17.2. The second kappa shape index (κ2) is 3.52. The van der Waals surface area contributed by atoms with Crippen LogP contribution in [0.25, 0.3) is 0 Å². The molecule has 0 heterocycles. The zero-order valence-electron chi connectivity index (χ0n) is 6.41. The van der Waals surface area contributed by atoms with Gasteiger partial charge in [-0.25, -0.2) is 0 Å². The van der Waals surface area contributed by atoms with Gasteiger partial charge in [0.05, 0.1) is 23.3 Å². The lowest BCUT2D eigenvalue weighted by molar-refractivity contribution is 1.06. The summed E-state index contributed by atoms with van der Waals surface area (Å²) in [6.45, 7) is 0.328. The van der Waals surface area contributed by atoms with Crippen molar-refractivity contribution in [1.82, 2.24) is 0 Å². The number of nitriles is 2. The second-order valence-corrected chi connectivity index (χ2v) is 2.30. The molecule has 0 aliphatic rings. The van der Waals surface area contributed by atoms with E-state index in [1.54, 1.807) is 18.2 Å². The van der Waals surface area contributed by atoms with E-state index in [4.69, 9.17) is 16.3 Å². The lowest BCUT2D eigenvalue weighted by atomic mass is 10.1. The van der Waals surface area contributed by atoms with Crippen LogP contribution in [0.5, 0.6) is 0 Å². The van der Waals surface area contributed by atoms with E-state index in [9.17, 15) is 0 Å². The summed E-state index contributed by atoms with van der Waals surface area (Å²) < 4.78 is 0. The summed E-state index contributed by atoms with van der Waals surface area (Å²) in [7, 11) is 0. The highest BCUT2D eigenvalue weighted by atomic mass is 14.5. The molecule has 0 unspecified atom stereocenters. The van der Waals surface area contributed by atoms with Gasteiger partial charge in [-0.1, -0.05) is 6.07 Å². The van der Waals surface area contributed by atoms with Crippen molar-refractivity contribution in [1.29, 1.82) is 10.5 Å². The predicted molar refractivity (Wildman–Crippen MR) is 43.8 cm³/mol. The molecule has 0 amide bonds. The van der Waals surface area contributed by atoms with Crippen LogP contribution in [0.2, 0.25) is 0 Å². The van der Waals surface area contributed by atoms with E-state index in [1.165, 1.54) is 0 Å². The Labute approximate surface area is 70.7 Å². The smallest absolute Gasteiger partial charge is 0.0995 e. The number of rotatable bonds is 1. The van der Waals surface area contributed by atoms with Crippen molar-refractivity contribution in [2.24, 2.45) is 5.73 Å². The van der Waals surface area contributed by atoms with Gasteiger partial charge >= 0.3 is 0 Å². The summed E-state index contributed by atoms with van der Waals surface area (Å²) in [5.74, 6) is 0. The lowest BCUT2D eigenvalue weighted by Gasteiger charge is -1.98. The molecule has 0 spiro atoms. The quantitative estimate of drug-likeness (QED) is 0.657. The fourth-order valence-corrected chi connectivity index (χ4v) is 0.928. The van der Waals surface area contributed by atoms with E-state index in [0.29, 0.717) is 17.7 Å². The second-order valence-electron chi connectivity index (χ2n) is 2.30. The zero-order chi connectivity index (χ0) is 8.97. The fraction of sp³-hybridized carbons (Fsp3) is 0.111. The van der Waals surface area contributed by atoms with Crippen LogP contribution in [-0.2, 0) is 6.54 Å². The molecule has 0 radical (unpaired) electrons. The molecule has 0 bridgehead atoms. The van der Waals surface area contributed by atoms with E-state index in [2.05, 4.69) is 0 Å². The highest BCUT2D eigenvalue weighted by Gasteiger charge is 2.00. The van der Waals surface area contributed by atoms with E-state index in [0.717, 1.165) is 5.56 Å². The van der Waals surface area contributed by atoms with Gasteiger partial charge in [-0.3, -0.25) is 0 Å². The Balaban J connectivity index is 3.24. The molecule has 0 saturated carbocycles. The summed E-state index contributed by atoms with van der Waals surface area (Å²) in [6, 6.07) is 8.86. The first-order chi connectivity index (χ1) is 5.81. The van der Waals surface area contributed by atoms with Crippen LogP contribution in [0, 0.1) is 22.7 Å². The summed E-state index contributed by atoms with van der Waals surface area (Å²) in [4.78, 5) is 0. The highest BCUT2D eigenvalue weighted by molar-refractivity contribution is 5.44. The Morgan fingerprint density at radius 1 is 1.25 bits per heavy atom. The Morgan fingerprint density at radius 3 is 2.50 bits per heavy atom. The average Bonchev–Trinajstić information content (AvgIpc) is 2.16. The topological polar surface area (TPSA) is 73.6 Å². The molecule has 12 heavy (non-hydrogen) atoms. The Hall–Kier alpha value is -1.84. The third kappa shape index (κ3) is 1.42. The van der Waals surface area contributed by atoms with Crippen LogP contribution in [0.1, 0.15) is 16.7 Å². The van der Waals surface area contributed by atoms with Crippen LogP contribution in [0.4, 0.5) is 0 Å². The van der Waals surface area contributed by atoms with E-state index >= 15 is 0 Å². The first kappa shape index (κ1) is 8.26. The van der Waals surface area contributed by atoms with Crippen molar-refractivity contribution in [2.45, 2.75) is 6.54 Å². The van der Waals surface area contributed by atoms with Gasteiger partial charge in [0.1, 0.15) is 0 Å². The van der Waals surface area contributed by atoms with Crippen molar-refractivity contribution in [3.63, 3.8) is 0 Å². The molecule has 2 N–H and O–H groups in total. The Bertz CT molecular complexity index is 368. The summed E-state index contributed by atoms with van der Waals surface area (Å²) in [6.07, 6.45) is 0. The predicted octanol–water partition coefficient (Wildman–Crippen LogP) is 0.889. The molecule has 0 fully saturated rings. The van der Waals surface area contributed by atoms with Crippen molar-refractivity contribution in [3.8, 4) is 12.1 Å². The molecular weight excluding hydrogens is 150 g/mol. The van der Waals surface area contributed by atoms with Crippen LogP contribution >= 0.6 is 0 Å².